The lowest BCUT2D eigenvalue weighted by atomic mass is 9.98. The summed E-state index contributed by atoms with van der Waals surface area (Å²) in [5.41, 5.74) is 0.125. The third-order valence-electron chi connectivity index (χ3n) is 3.84. The van der Waals surface area contributed by atoms with Gasteiger partial charge < -0.3 is 14.9 Å². The van der Waals surface area contributed by atoms with Crippen molar-refractivity contribution in [2.75, 3.05) is 18.0 Å². The molecule has 0 aliphatic carbocycles. The van der Waals surface area contributed by atoms with Gasteiger partial charge in [0.1, 0.15) is 10.6 Å². The summed E-state index contributed by atoms with van der Waals surface area (Å²) in [6.45, 7) is 4.65. The van der Waals surface area contributed by atoms with Crippen LogP contribution in [-0.4, -0.2) is 39.2 Å². The van der Waals surface area contributed by atoms with Crippen LogP contribution in [0.5, 0.6) is 0 Å². The van der Waals surface area contributed by atoms with Gasteiger partial charge in [-0.3, -0.25) is 10.1 Å². The predicted octanol–water partition coefficient (Wildman–Crippen LogP) is 2.03. The van der Waals surface area contributed by atoms with Crippen LogP contribution >= 0.6 is 22.9 Å². The average Bonchev–Trinajstić information content (AvgIpc) is 2.92. The summed E-state index contributed by atoms with van der Waals surface area (Å²) in [6.07, 6.45) is -0.348. The summed E-state index contributed by atoms with van der Waals surface area (Å²) in [4.78, 5) is 18.9. The molecule has 7 nitrogen and oxygen atoms in total. The maximum atomic E-state index is 11.4. The molecule has 0 aromatic carbocycles. The van der Waals surface area contributed by atoms with E-state index in [1.54, 1.807) is 16.7 Å². The number of allylic oxidation sites excluding steroid dienone is 1. The molecule has 0 bridgehead atoms. The normalized spacial score (nSPS) is 25.5. The number of aliphatic hydroxyl groups excluding tert-OH is 1. The third-order valence-corrected chi connectivity index (χ3v) is 4.99. The molecule has 0 amide bonds. The largest absolute Gasteiger partial charge is 0.374 e. The van der Waals surface area contributed by atoms with Crippen molar-refractivity contribution in [3.8, 4) is 0 Å². The van der Waals surface area contributed by atoms with Gasteiger partial charge in [-0.2, -0.15) is 0 Å². The summed E-state index contributed by atoms with van der Waals surface area (Å²) >= 11 is 7.54. The number of aryl methyl sites for hydroxylation is 1. The Morgan fingerprint density at radius 2 is 2.24 bits per heavy atom. The van der Waals surface area contributed by atoms with E-state index in [0.717, 1.165) is 5.01 Å². The molecular weight excluding hydrogens is 316 g/mol. The number of thiazole rings is 1. The summed E-state index contributed by atoms with van der Waals surface area (Å²) in [6, 6.07) is 0. The molecule has 2 aliphatic rings. The highest BCUT2D eigenvalue weighted by molar-refractivity contribution is 7.16. The number of hydrogen-bond acceptors (Lipinski definition) is 7. The molecule has 0 spiro atoms. The van der Waals surface area contributed by atoms with Gasteiger partial charge in [-0.15, -0.1) is 11.3 Å². The van der Waals surface area contributed by atoms with E-state index in [-0.39, 0.29) is 16.5 Å². The Morgan fingerprint density at radius 1 is 1.52 bits per heavy atom. The fraction of sp³-hybridized carbons (Fsp3) is 0.583. The van der Waals surface area contributed by atoms with Gasteiger partial charge in [0.15, 0.2) is 11.6 Å². The minimum atomic E-state index is -0.706. The van der Waals surface area contributed by atoms with E-state index in [9.17, 15) is 15.2 Å². The Labute approximate surface area is 130 Å². The molecule has 1 aromatic rings. The number of aromatic nitrogens is 1. The summed E-state index contributed by atoms with van der Waals surface area (Å²) in [5.74, 6) is 0.649. The average molecular weight is 331 g/mol. The molecular formula is C12H15ClN4O3S. The van der Waals surface area contributed by atoms with Crippen molar-refractivity contribution < 1.29 is 10.0 Å². The first-order valence-corrected chi connectivity index (χ1v) is 7.83. The first-order chi connectivity index (χ1) is 9.90. The van der Waals surface area contributed by atoms with Crippen LogP contribution in [0.4, 0.5) is 5.82 Å². The highest BCUT2D eigenvalue weighted by Gasteiger charge is 2.45. The van der Waals surface area contributed by atoms with Crippen LogP contribution < -0.4 is 4.90 Å². The molecule has 3 rings (SSSR count). The van der Waals surface area contributed by atoms with Crippen molar-refractivity contribution >= 4 is 28.8 Å². The standard InChI is InChI=1S/C12H15ClN4O3S/c1-6-5-8(18)15-3-4-16(12(15)9(6)17(19)20)11-10(13)21-7(2)14-11/h6,8,18H,3-5H2,1-2H3. The second-order valence-corrected chi connectivity index (χ2v) is 7.06. The molecule has 1 saturated heterocycles. The van der Waals surface area contributed by atoms with Crippen LogP contribution in [0.3, 0.4) is 0 Å². The molecule has 21 heavy (non-hydrogen) atoms. The van der Waals surface area contributed by atoms with E-state index in [4.69, 9.17) is 11.6 Å². The summed E-state index contributed by atoms with van der Waals surface area (Å²) in [5, 5.41) is 22.4. The fourth-order valence-corrected chi connectivity index (χ4v) is 4.07. The van der Waals surface area contributed by atoms with E-state index in [1.165, 1.54) is 11.3 Å². The molecule has 0 saturated carbocycles. The number of halogens is 1. The van der Waals surface area contributed by atoms with Gasteiger partial charge in [-0.25, -0.2) is 4.98 Å². The van der Waals surface area contributed by atoms with Gasteiger partial charge in [-0.05, 0) is 6.92 Å². The quantitative estimate of drug-likeness (QED) is 0.660. The highest BCUT2D eigenvalue weighted by Crippen LogP contribution is 2.41. The molecule has 0 radical (unpaired) electrons. The lowest BCUT2D eigenvalue weighted by Gasteiger charge is -2.33. The van der Waals surface area contributed by atoms with Crippen molar-refractivity contribution in [1.29, 1.82) is 0 Å². The van der Waals surface area contributed by atoms with Crippen LogP contribution in [-0.2, 0) is 0 Å². The second-order valence-electron chi connectivity index (χ2n) is 5.26. The first-order valence-electron chi connectivity index (χ1n) is 6.64. The second kappa shape index (κ2) is 5.11. The smallest absolute Gasteiger partial charge is 0.289 e. The van der Waals surface area contributed by atoms with Crippen molar-refractivity contribution in [2.45, 2.75) is 26.5 Å². The topological polar surface area (TPSA) is 82.7 Å². The van der Waals surface area contributed by atoms with Gasteiger partial charge in [0.25, 0.3) is 5.70 Å². The summed E-state index contributed by atoms with van der Waals surface area (Å²) < 4.78 is 0.511. The monoisotopic (exact) mass is 330 g/mol. The Bertz CT molecular complexity index is 632. The van der Waals surface area contributed by atoms with Crippen LogP contribution in [0.15, 0.2) is 11.5 Å². The van der Waals surface area contributed by atoms with Crippen molar-refractivity contribution in [3.63, 3.8) is 0 Å². The number of nitrogens with zero attached hydrogens (tertiary/aromatic N) is 4. The van der Waals surface area contributed by atoms with Gasteiger partial charge in [0.05, 0.1) is 15.8 Å². The Hall–Kier alpha value is -1.38. The Balaban J connectivity index is 2.13. The van der Waals surface area contributed by atoms with Crippen LogP contribution in [0.1, 0.15) is 18.4 Å². The maximum absolute atomic E-state index is 11.4. The van der Waals surface area contributed by atoms with Gasteiger partial charge >= 0.3 is 0 Å². The van der Waals surface area contributed by atoms with Crippen LogP contribution in [0, 0.1) is 23.0 Å². The molecule has 2 aliphatic heterocycles. The maximum Gasteiger partial charge on any atom is 0.289 e. The molecule has 3 heterocycles. The number of aliphatic hydroxyl groups is 1. The number of hydrogen-bond donors (Lipinski definition) is 1. The zero-order valence-electron chi connectivity index (χ0n) is 11.6. The van der Waals surface area contributed by atoms with Crippen molar-refractivity contribution in [1.82, 2.24) is 9.88 Å². The van der Waals surface area contributed by atoms with Crippen LogP contribution in [0.2, 0.25) is 4.34 Å². The van der Waals surface area contributed by atoms with Gasteiger partial charge in [0.2, 0.25) is 0 Å². The zero-order valence-corrected chi connectivity index (χ0v) is 13.2. The molecule has 1 fully saturated rings. The van der Waals surface area contributed by atoms with E-state index in [1.807, 2.05) is 6.92 Å². The molecule has 1 N–H and O–H groups in total. The number of fused-ring (bicyclic) bond motifs is 1. The third kappa shape index (κ3) is 2.27. The molecule has 2 atom stereocenters. The van der Waals surface area contributed by atoms with E-state index in [2.05, 4.69) is 4.98 Å². The van der Waals surface area contributed by atoms with Crippen molar-refractivity contribution in [3.05, 3.63) is 31.0 Å². The lowest BCUT2D eigenvalue weighted by molar-refractivity contribution is -0.438. The Kier molecular flexibility index (Phi) is 3.54. The van der Waals surface area contributed by atoms with E-state index in [0.29, 0.717) is 35.5 Å². The molecule has 1 aromatic heterocycles. The minimum Gasteiger partial charge on any atom is -0.374 e. The fourth-order valence-electron chi connectivity index (χ4n) is 2.95. The van der Waals surface area contributed by atoms with Gasteiger partial charge in [-0.1, -0.05) is 18.5 Å². The SMILES string of the molecule is Cc1nc(N2CCN3C2=C([N+](=O)[O-])C(C)CC3O)c(Cl)s1. The van der Waals surface area contributed by atoms with Gasteiger partial charge in [0, 0.05) is 19.5 Å². The number of rotatable bonds is 2. The van der Waals surface area contributed by atoms with E-state index < -0.39 is 6.23 Å². The minimum absolute atomic E-state index is 0.125. The molecule has 2 unspecified atom stereocenters. The predicted molar refractivity (Wildman–Crippen MR) is 79.7 cm³/mol. The number of nitro groups is 1. The summed E-state index contributed by atoms with van der Waals surface area (Å²) in [7, 11) is 0. The Morgan fingerprint density at radius 3 is 2.81 bits per heavy atom. The van der Waals surface area contributed by atoms with Crippen LogP contribution in [0.25, 0.3) is 0 Å². The van der Waals surface area contributed by atoms with Crippen molar-refractivity contribution in [2.24, 2.45) is 5.92 Å². The highest BCUT2D eigenvalue weighted by atomic mass is 35.5. The first kappa shape index (κ1) is 14.6. The lowest BCUT2D eigenvalue weighted by Crippen LogP contribution is -2.41. The molecule has 114 valence electrons. The zero-order chi connectivity index (χ0) is 15.3. The number of anilines is 1. The molecule has 9 heteroatoms. The van der Waals surface area contributed by atoms with E-state index >= 15 is 0 Å².